The molecule has 0 saturated carbocycles. The van der Waals surface area contributed by atoms with Crippen molar-refractivity contribution in [2.45, 2.75) is 6.10 Å². The Morgan fingerprint density at radius 2 is 2.22 bits per heavy atom. The molecule has 2 aromatic rings. The monoisotopic (exact) mass is 378 g/mol. The van der Waals surface area contributed by atoms with Gasteiger partial charge in [-0.1, -0.05) is 17.7 Å². The van der Waals surface area contributed by atoms with Gasteiger partial charge in [0.25, 0.3) is 0 Å². The fourth-order valence-electron chi connectivity index (χ4n) is 1.74. The summed E-state index contributed by atoms with van der Waals surface area (Å²) in [7, 11) is 3.31. The number of rotatable bonds is 3. The van der Waals surface area contributed by atoms with Crippen molar-refractivity contribution in [2.75, 3.05) is 7.11 Å². The van der Waals surface area contributed by atoms with Crippen LogP contribution in [0, 0.1) is 3.57 Å². The number of aryl methyl sites for hydroxylation is 1. The highest BCUT2D eigenvalue weighted by Gasteiger charge is 2.20. The molecule has 0 aliphatic heterocycles. The summed E-state index contributed by atoms with van der Waals surface area (Å²) in [4.78, 5) is 0. The van der Waals surface area contributed by atoms with Crippen molar-refractivity contribution in [1.29, 1.82) is 0 Å². The standard InChI is InChI=1S/C12H12ClIN2O2/c1-16-11(10(18-2)6-15-16)12(17)7-3-4-9(14)8(13)5-7/h3-6,12,17H,1-2H3. The van der Waals surface area contributed by atoms with E-state index in [-0.39, 0.29) is 0 Å². The minimum atomic E-state index is -0.818. The average Bonchev–Trinajstić information content (AvgIpc) is 2.73. The van der Waals surface area contributed by atoms with Gasteiger partial charge in [-0.15, -0.1) is 0 Å². The van der Waals surface area contributed by atoms with Crippen molar-refractivity contribution in [3.63, 3.8) is 0 Å². The van der Waals surface area contributed by atoms with Crippen LogP contribution in [0.15, 0.2) is 24.4 Å². The maximum atomic E-state index is 10.4. The zero-order chi connectivity index (χ0) is 13.3. The van der Waals surface area contributed by atoms with Crippen LogP contribution in [0.1, 0.15) is 17.4 Å². The molecule has 1 N–H and O–H groups in total. The quantitative estimate of drug-likeness (QED) is 0.836. The summed E-state index contributed by atoms with van der Waals surface area (Å²) >= 11 is 8.20. The molecule has 0 aliphatic rings. The van der Waals surface area contributed by atoms with Crippen molar-refractivity contribution in [1.82, 2.24) is 9.78 Å². The van der Waals surface area contributed by atoms with E-state index >= 15 is 0 Å². The van der Waals surface area contributed by atoms with Gasteiger partial charge in [-0.2, -0.15) is 5.10 Å². The smallest absolute Gasteiger partial charge is 0.162 e. The Bertz CT molecular complexity index is 571. The van der Waals surface area contributed by atoms with Gasteiger partial charge in [-0.05, 0) is 40.3 Å². The van der Waals surface area contributed by atoms with Gasteiger partial charge in [0.15, 0.2) is 5.75 Å². The molecule has 0 spiro atoms. The molecule has 1 atom stereocenters. The van der Waals surface area contributed by atoms with E-state index in [0.717, 1.165) is 3.57 Å². The molecule has 6 heteroatoms. The van der Waals surface area contributed by atoms with Crippen LogP contribution in [0.4, 0.5) is 0 Å². The van der Waals surface area contributed by atoms with Crippen LogP contribution >= 0.6 is 34.2 Å². The number of ether oxygens (including phenoxy) is 1. The Kier molecular flexibility index (Phi) is 4.14. The first-order valence-electron chi connectivity index (χ1n) is 5.23. The summed E-state index contributed by atoms with van der Waals surface area (Å²) < 4.78 is 7.72. The van der Waals surface area contributed by atoms with Crippen molar-refractivity contribution >= 4 is 34.2 Å². The van der Waals surface area contributed by atoms with E-state index in [4.69, 9.17) is 16.3 Å². The second-order valence-electron chi connectivity index (χ2n) is 3.80. The maximum absolute atomic E-state index is 10.4. The lowest BCUT2D eigenvalue weighted by Gasteiger charge is -2.14. The number of aliphatic hydroxyl groups is 1. The van der Waals surface area contributed by atoms with Gasteiger partial charge in [0.1, 0.15) is 11.8 Å². The summed E-state index contributed by atoms with van der Waals surface area (Å²) in [6.45, 7) is 0. The van der Waals surface area contributed by atoms with E-state index in [9.17, 15) is 5.11 Å². The Hall–Kier alpha value is -0.790. The third-order valence-electron chi connectivity index (χ3n) is 2.69. The molecule has 0 fully saturated rings. The van der Waals surface area contributed by atoms with E-state index < -0.39 is 6.10 Å². The summed E-state index contributed by atoms with van der Waals surface area (Å²) in [5.41, 5.74) is 1.32. The van der Waals surface area contributed by atoms with Crippen molar-refractivity contribution in [3.05, 3.63) is 44.2 Å². The van der Waals surface area contributed by atoms with Crippen LogP contribution < -0.4 is 4.74 Å². The molecule has 1 aromatic heterocycles. The zero-order valence-electron chi connectivity index (χ0n) is 9.89. The van der Waals surface area contributed by atoms with Gasteiger partial charge in [0.05, 0.1) is 18.3 Å². The van der Waals surface area contributed by atoms with Crippen molar-refractivity contribution in [2.24, 2.45) is 7.05 Å². The molecule has 1 unspecified atom stereocenters. The van der Waals surface area contributed by atoms with Gasteiger partial charge >= 0.3 is 0 Å². The van der Waals surface area contributed by atoms with E-state index in [0.29, 0.717) is 22.0 Å². The molecule has 0 aliphatic carbocycles. The van der Waals surface area contributed by atoms with E-state index in [1.807, 2.05) is 12.1 Å². The number of hydrogen-bond acceptors (Lipinski definition) is 3. The first-order valence-corrected chi connectivity index (χ1v) is 6.69. The Balaban J connectivity index is 2.44. The normalized spacial score (nSPS) is 12.5. The van der Waals surface area contributed by atoms with Crippen LogP contribution in [0.25, 0.3) is 0 Å². The van der Waals surface area contributed by atoms with Gasteiger partial charge in [0.2, 0.25) is 0 Å². The number of hydrogen-bond donors (Lipinski definition) is 1. The first kappa shape index (κ1) is 13.6. The summed E-state index contributed by atoms with van der Waals surface area (Å²) in [5, 5.41) is 15.1. The molecular weight excluding hydrogens is 367 g/mol. The number of halogens is 2. The summed E-state index contributed by atoms with van der Waals surface area (Å²) in [5.74, 6) is 0.555. The lowest BCUT2D eigenvalue weighted by Crippen LogP contribution is -2.08. The largest absolute Gasteiger partial charge is 0.493 e. The molecule has 0 amide bonds. The third-order valence-corrected chi connectivity index (χ3v) is 4.26. The topological polar surface area (TPSA) is 47.3 Å². The Morgan fingerprint density at radius 1 is 1.50 bits per heavy atom. The first-order chi connectivity index (χ1) is 8.54. The van der Waals surface area contributed by atoms with Gasteiger partial charge in [-0.3, -0.25) is 4.68 Å². The molecule has 1 heterocycles. The van der Waals surface area contributed by atoms with Crippen LogP contribution in [0.2, 0.25) is 5.02 Å². The highest BCUT2D eigenvalue weighted by Crippen LogP contribution is 2.31. The number of aliphatic hydroxyl groups excluding tert-OH is 1. The molecular formula is C12H12ClIN2O2. The molecule has 1 aromatic carbocycles. The molecule has 0 radical (unpaired) electrons. The highest BCUT2D eigenvalue weighted by atomic mass is 127. The highest BCUT2D eigenvalue weighted by molar-refractivity contribution is 14.1. The van der Waals surface area contributed by atoms with Gasteiger partial charge in [-0.25, -0.2) is 0 Å². The molecule has 18 heavy (non-hydrogen) atoms. The van der Waals surface area contributed by atoms with Crippen LogP contribution in [-0.4, -0.2) is 22.0 Å². The predicted octanol–water partition coefficient (Wildman–Crippen LogP) is 2.77. The van der Waals surface area contributed by atoms with E-state index in [2.05, 4.69) is 27.7 Å². The maximum Gasteiger partial charge on any atom is 0.162 e. The third kappa shape index (κ3) is 2.48. The van der Waals surface area contributed by atoms with E-state index in [1.165, 1.54) is 0 Å². The molecule has 0 saturated heterocycles. The van der Waals surface area contributed by atoms with Crippen LogP contribution in [0.3, 0.4) is 0 Å². The number of methoxy groups -OCH3 is 1. The lowest BCUT2D eigenvalue weighted by atomic mass is 10.1. The molecule has 96 valence electrons. The predicted molar refractivity (Wildman–Crippen MR) is 78.0 cm³/mol. The number of nitrogens with zero attached hydrogens (tertiary/aromatic N) is 2. The number of aromatic nitrogens is 2. The summed E-state index contributed by atoms with van der Waals surface area (Å²) in [6.07, 6.45) is 0.759. The fourth-order valence-corrected chi connectivity index (χ4v) is 2.26. The SMILES string of the molecule is COc1cnn(C)c1C(O)c1ccc(I)c(Cl)c1. The molecule has 4 nitrogen and oxygen atoms in total. The lowest BCUT2D eigenvalue weighted by molar-refractivity contribution is 0.204. The minimum Gasteiger partial charge on any atom is -0.493 e. The molecule has 0 bridgehead atoms. The van der Waals surface area contributed by atoms with Crippen LogP contribution in [-0.2, 0) is 7.05 Å². The minimum absolute atomic E-state index is 0.555. The van der Waals surface area contributed by atoms with Crippen LogP contribution in [0.5, 0.6) is 5.75 Å². The zero-order valence-corrected chi connectivity index (χ0v) is 12.8. The molecule has 2 rings (SSSR count). The fraction of sp³-hybridized carbons (Fsp3) is 0.250. The Labute approximate surface area is 124 Å². The second-order valence-corrected chi connectivity index (χ2v) is 5.37. The van der Waals surface area contributed by atoms with Crippen molar-refractivity contribution < 1.29 is 9.84 Å². The summed E-state index contributed by atoms with van der Waals surface area (Å²) in [6, 6.07) is 5.45. The Morgan fingerprint density at radius 3 is 2.83 bits per heavy atom. The average molecular weight is 379 g/mol. The van der Waals surface area contributed by atoms with Gasteiger partial charge < -0.3 is 9.84 Å². The number of benzene rings is 1. The second kappa shape index (κ2) is 5.46. The van der Waals surface area contributed by atoms with E-state index in [1.54, 1.807) is 31.1 Å². The van der Waals surface area contributed by atoms with Gasteiger partial charge in [0, 0.05) is 10.6 Å². The van der Waals surface area contributed by atoms with Crippen molar-refractivity contribution in [3.8, 4) is 5.75 Å².